The number of furan rings is 1. The third-order valence-electron chi connectivity index (χ3n) is 13.2. The van der Waals surface area contributed by atoms with E-state index in [1.165, 1.54) is 54.7 Å². The lowest BCUT2D eigenvalue weighted by atomic mass is 9.97. The van der Waals surface area contributed by atoms with Gasteiger partial charge in [-0.25, -0.2) is 0 Å². The second kappa shape index (κ2) is 15.0. The Bertz CT molecular complexity index is 3890. The SMILES string of the molecule is c1cc(-c2cccc3ccccc23)cc(N(c2ccc(-c3cccc(-n4c5ccccc5c5ccccc54)c3)cc2)c2ccc(-c3cccc4oc5c6ccccc6ccc5c34)cc2)c1. The molecule has 0 fully saturated rings. The molecule has 3 nitrogen and oxygen atoms in total. The van der Waals surface area contributed by atoms with Crippen LogP contribution in [0.3, 0.4) is 0 Å². The van der Waals surface area contributed by atoms with Crippen molar-refractivity contribution in [1.29, 1.82) is 0 Å². The molecule has 0 bridgehead atoms. The summed E-state index contributed by atoms with van der Waals surface area (Å²) in [6, 6.07) is 87.7. The second-order valence-corrected chi connectivity index (χ2v) is 16.9. The Balaban J connectivity index is 0.916. The average molecular weight is 829 g/mol. The monoisotopic (exact) mass is 828 g/mol. The van der Waals surface area contributed by atoms with Gasteiger partial charge in [-0.2, -0.15) is 0 Å². The highest BCUT2D eigenvalue weighted by molar-refractivity contribution is 6.19. The molecule has 0 amide bonds. The van der Waals surface area contributed by atoms with Crippen molar-refractivity contribution < 1.29 is 4.42 Å². The van der Waals surface area contributed by atoms with E-state index in [-0.39, 0.29) is 0 Å². The van der Waals surface area contributed by atoms with E-state index in [0.29, 0.717) is 0 Å². The Hall–Kier alpha value is -8.66. The van der Waals surface area contributed by atoms with Gasteiger partial charge in [0.05, 0.1) is 11.0 Å². The van der Waals surface area contributed by atoms with Gasteiger partial charge >= 0.3 is 0 Å². The summed E-state index contributed by atoms with van der Waals surface area (Å²) >= 11 is 0. The van der Waals surface area contributed by atoms with Crippen molar-refractivity contribution in [2.75, 3.05) is 4.90 Å². The van der Waals surface area contributed by atoms with Gasteiger partial charge in [0.1, 0.15) is 11.2 Å². The minimum atomic E-state index is 0.894. The van der Waals surface area contributed by atoms with E-state index in [1.807, 2.05) is 0 Å². The van der Waals surface area contributed by atoms with Crippen molar-refractivity contribution in [3.05, 3.63) is 243 Å². The van der Waals surface area contributed by atoms with Crippen LogP contribution in [-0.2, 0) is 0 Å². The van der Waals surface area contributed by atoms with Gasteiger partial charge in [0.2, 0.25) is 0 Å². The van der Waals surface area contributed by atoms with E-state index >= 15 is 0 Å². The summed E-state index contributed by atoms with van der Waals surface area (Å²) in [5.74, 6) is 0. The molecule has 0 saturated carbocycles. The quantitative estimate of drug-likeness (QED) is 0.160. The maximum Gasteiger partial charge on any atom is 0.143 e. The fourth-order valence-electron chi connectivity index (χ4n) is 10.1. The zero-order chi connectivity index (χ0) is 42.8. The number of rotatable bonds is 7. The smallest absolute Gasteiger partial charge is 0.143 e. The number of fused-ring (bicyclic) bond motifs is 9. The molecule has 0 saturated heterocycles. The van der Waals surface area contributed by atoms with Gasteiger partial charge in [0, 0.05) is 49.7 Å². The van der Waals surface area contributed by atoms with Crippen molar-refractivity contribution in [2.45, 2.75) is 0 Å². The van der Waals surface area contributed by atoms with E-state index < -0.39 is 0 Å². The molecule has 0 spiro atoms. The lowest BCUT2D eigenvalue weighted by Crippen LogP contribution is -2.10. The van der Waals surface area contributed by atoms with Gasteiger partial charge in [-0.1, -0.05) is 170 Å². The van der Waals surface area contributed by atoms with Crippen molar-refractivity contribution in [1.82, 2.24) is 4.57 Å². The molecule has 304 valence electrons. The number of benzene rings is 11. The van der Waals surface area contributed by atoms with Crippen LogP contribution in [0.2, 0.25) is 0 Å². The second-order valence-electron chi connectivity index (χ2n) is 16.9. The van der Waals surface area contributed by atoms with Crippen LogP contribution in [0.4, 0.5) is 17.1 Å². The molecule has 0 unspecified atom stereocenters. The summed E-state index contributed by atoms with van der Waals surface area (Å²) in [6.45, 7) is 0. The Morgan fingerprint density at radius 3 is 1.65 bits per heavy atom. The first kappa shape index (κ1) is 36.9. The molecule has 2 heterocycles. The third-order valence-corrected chi connectivity index (χ3v) is 13.2. The molecule has 13 aromatic rings. The molecular formula is C62H40N2O. The maximum atomic E-state index is 6.57. The Kier molecular flexibility index (Phi) is 8.53. The molecule has 11 aromatic carbocycles. The van der Waals surface area contributed by atoms with Gasteiger partial charge in [-0.3, -0.25) is 0 Å². The first-order valence-electron chi connectivity index (χ1n) is 22.2. The van der Waals surface area contributed by atoms with Crippen molar-refractivity contribution in [3.63, 3.8) is 0 Å². The fourth-order valence-corrected chi connectivity index (χ4v) is 10.1. The molecule has 0 aliphatic carbocycles. The highest BCUT2D eigenvalue weighted by Gasteiger charge is 2.19. The molecule has 13 rings (SSSR count). The third kappa shape index (κ3) is 6.12. The number of para-hydroxylation sites is 2. The summed E-state index contributed by atoms with van der Waals surface area (Å²) in [5.41, 5.74) is 15.6. The van der Waals surface area contributed by atoms with Crippen LogP contribution in [0, 0.1) is 0 Å². The van der Waals surface area contributed by atoms with Crippen LogP contribution >= 0.6 is 0 Å². The number of anilines is 3. The van der Waals surface area contributed by atoms with Gasteiger partial charge in [-0.15, -0.1) is 0 Å². The standard InChI is InChI=1S/C62H40N2O/c1-3-20-51-42(13-1)15-11-24-52(51)46-17-10-18-49(40-46)63(48-36-31-44(32-37-48)53-25-12-28-60-61(53)57-38-33-43-14-2-4-21-54(43)62(57)65-60)47-34-29-41(30-35-47)45-16-9-19-50(39-45)64-58-26-7-5-22-55(58)56-23-6-8-27-59(56)64/h1-40H. The average Bonchev–Trinajstić information content (AvgIpc) is 3.94. The van der Waals surface area contributed by atoms with Gasteiger partial charge < -0.3 is 13.9 Å². The molecule has 3 heteroatoms. The first-order chi connectivity index (χ1) is 32.2. The summed E-state index contributed by atoms with van der Waals surface area (Å²) in [4.78, 5) is 2.37. The summed E-state index contributed by atoms with van der Waals surface area (Å²) in [6.07, 6.45) is 0. The largest absolute Gasteiger partial charge is 0.455 e. The van der Waals surface area contributed by atoms with Crippen molar-refractivity contribution in [2.24, 2.45) is 0 Å². The Labute approximate surface area is 376 Å². The maximum absolute atomic E-state index is 6.57. The highest BCUT2D eigenvalue weighted by Crippen LogP contribution is 2.43. The Morgan fingerprint density at radius 1 is 0.323 bits per heavy atom. The van der Waals surface area contributed by atoms with Gasteiger partial charge in [-0.05, 0) is 122 Å². The predicted octanol–water partition coefficient (Wildman–Crippen LogP) is 17.5. The molecule has 2 aromatic heterocycles. The minimum Gasteiger partial charge on any atom is -0.455 e. The van der Waals surface area contributed by atoms with E-state index in [1.54, 1.807) is 0 Å². The van der Waals surface area contributed by atoms with Crippen LogP contribution < -0.4 is 4.90 Å². The minimum absolute atomic E-state index is 0.894. The number of hydrogen-bond acceptors (Lipinski definition) is 2. The zero-order valence-corrected chi connectivity index (χ0v) is 35.4. The fraction of sp³-hybridized carbons (Fsp3) is 0. The molecule has 0 N–H and O–H groups in total. The first-order valence-corrected chi connectivity index (χ1v) is 22.2. The van der Waals surface area contributed by atoms with E-state index in [0.717, 1.165) is 66.8 Å². The van der Waals surface area contributed by atoms with Crippen LogP contribution in [0.15, 0.2) is 247 Å². The molecule has 0 radical (unpaired) electrons. The van der Waals surface area contributed by atoms with Crippen molar-refractivity contribution in [3.8, 4) is 39.1 Å². The van der Waals surface area contributed by atoms with Crippen LogP contribution in [0.5, 0.6) is 0 Å². The lowest BCUT2D eigenvalue weighted by Gasteiger charge is -2.26. The van der Waals surface area contributed by atoms with E-state index in [2.05, 4.69) is 252 Å². The topological polar surface area (TPSA) is 21.3 Å². The van der Waals surface area contributed by atoms with Crippen LogP contribution in [-0.4, -0.2) is 4.57 Å². The van der Waals surface area contributed by atoms with Crippen molar-refractivity contribution >= 4 is 82.4 Å². The molecule has 0 atom stereocenters. The molecule has 0 aliphatic heterocycles. The number of nitrogens with zero attached hydrogens (tertiary/aromatic N) is 2. The van der Waals surface area contributed by atoms with Crippen LogP contribution in [0.1, 0.15) is 0 Å². The van der Waals surface area contributed by atoms with E-state index in [9.17, 15) is 0 Å². The van der Waals surface area contributed by atoms with Gasteiger partial charge in [0.15, 0.2) is 0 Å². The van der Waals surface area contributed by atoms with Crippen LogP contribution in [0.25, 0.3) is 104 Å². The highest BCUT2D eigenvalue weighted by atomic mass is 16.3. The molecule has 65 heavy (non-hydrogen) atoms. The normalized spacial score (nSPS) is 11.7. The summed E-state index contributed by atoms with van der Waals surface area (Å²) in [7, 11) is 0. The molecular weight excluding hydrogens is 789 g/mol. The zero-order valence-electron chi connectivity index (χ0n) is 35.4. The van der Waals surface area contributed by atoms with Gasteiger partial charge in [0.25, 0.3) is 0 Å². The molecule has 0 aliphatic rings. The lowest BCUT2D eigenvalue weighted by molar-refractivity contribution is 0.673. The predicted molar refractivity (Wildman–Crippen MR) is 274 cm³/mol. The summed E-state index contributed by atoms with van der Waals surface area (Å²) < 4.78 is 8.95. The van der Waals surface area contributed by atoms with E-state index in [4.69, 9.17) is 4.42 Å². The number of aromatic nitrogens is 1. The Morgan fingerprint density at radius 2 is 0.892 bits per heavy atom. The number of hydrogen-bond donors (Lipinski definition) is 0. The summed E-state index contributed by atoms with van der Waals surface area (Å²) in [5, 5.41) is 9.57.